The molecule has 2 N–H and O–H groups in total. The van der Waals surface area contributed by atoms with Crippen LogP contribution in [0.3, 0.4) is 0 Å². The van der Waals surface area contributed by atoms with E-state index < -0.39 is 0 Å². The normalized spacial score (nSPS) is 21.1. The molecule has 0 bridgehead atoms. The molecule has 0 unspecified atom stereocenters. The fourth-order valence-corrected chi connectivity index (χ4v) is 1.50. The van der Waals surface area contributed by atoms with Gasteiger partial charge in [-0.1, -0.05) is 0 Å². The third-order valence-electron chi connectivity index (χ3n) is 2.13. The number of primary amides is 1. The van der Waals surface area contributed by atoms with Crippen molar-refractivity contribution in [1.29, 1.82) is 0 Å². The number of hydrogen-bond donors (Lipinski definition) is 1. The number of rotatable bonds is 3. The molecule has 12 heavy (non-hydrogen) atoms. The second-order valence-electron chi connectivity index (χ2n) is 3.41. The molecule has 1 aliphatic rings. The molecule has 1 saturated heterocycles. The molecule has 0 radical (unpaired) electrons. The average molecular weight is 171 g/mol. The lowest BCUT2D eigenvalue weighted by Gasteiger charge is -2.32. The molecule has 70 valence electrons. The maximum Gasteiger partial charge on any atom is 0.218 e. The van der Waals surface area contributed by atoms with Crippen LogP contribution in [0, 0.1) is 0 Å². The van der Waals surface area contributed by atoms with Gasteiger partial charge in [-0.15, -0.1) is 0 Å². The second-order valence-corrected chi connectivity index (χ2v) is 3.41. The minimum Gasteiger partial charge on any atom is -0.370 e. The van der Waals surface area contributed by atoms with Crippen LogP contribution in [0.1, 0.15) is 12.8 Å². The Morgan fingerprint density at radius 3 is 2.83 bits per heavy atom. The van der Waals surface area contributed by atoms with E-state index in [4.69, 9.17) is 5.73 Å². The topological polar surface area (TPSA) is 49.6 Å². The third-order valence-corrected chi connectivity index (χ3v) is 2.13. The molecule has 1 aliphatic heterocycles. The van der Waals surface area contributed by atoms with Crippen molar-refractivity contribution in [2.45, 2.75) is 12.8 Å². The minimum absolute atomic E-state index is 0.205. The number of hydrogen-bond acceptors (Lipinski definition) is 3. The highest BCUT2D eigenvalue weighted by atomic mass is 16.1. The lowest BCUT2D eigenvalue weighted by atomic mass is 10.3. The van der Waals surface area contributed by atoms with E-state index in [9.17, 15) is 4.79 Å². The highest BCUT2D eigenvalue weighted by Gasteiger charge is 2.13. The average Bonchev–Trinajstić information content (AvgIpc) is 2.01. The predicted octanol–water partition coefficient (Wildman–Crippen LogP) is -0.543. The summed E-state index contributed by atoms with van der Waals surface area (Å²) in [5.41, 5.74) is 5.07. The van der Waals surface area contributed by atoms with Crippen LogP contribution in [0.2, 0.25) is 0 Å². The molecule has 0 aromatic heterocycles. The third kappa shape index (κ3) is 3.19. The molecule has 0 spiro atoms. The summed E-state index contributed by atoms with van der Waals surface area (Å²) in [6, 6.07) is 0. The fraction of sp³-hybridized carbons (Fsp3) is 0.875. The zero-order valence-electron chi connectivity index (χ0n) is 7.62. The number of carbonyl (C=O) groups is 1. The van der Waals surface area contributed by atoms with Gasteiger partial charge in [-0.2, -0.15) is 0 Å². The van der Waals surface area contributed by atoms with Gasteiger partial charge in [0.05, 0.1) is 6.67 Å². The second kappa shape index (κ2) is 4.42. The van der Waals surface area contributed by atoms with Gasteiger partial charge in [-0.05, 0) is 13.5 Å². The molecule has 0 saturated carbocycles. The standard InChI is InChI=1S/C8H17N3O/c1-10-4-2-5-11(7-10)6-3-8(9)12/h2-7H2,1H3,(H2,9,12). The lowest BCUT2D eigenvalue weighted by molar-refractivity contribution is -0.118. The van der Waals surface area contributed by atoms with Crippen LogP contribution in [0.15, 0.2) is 0 Å². The van der Waals surface area contributed by atoms with E-state index in [2.05, 4.69) is 16.8 Å². The smallest absolute Gasteiger partial charge is 0.218 e. The van der Waals surface area contributed by atoms with E-state index in [-0.39, 0.29) is 5.91 Å². The largest absolute Gasteiger partial charge is 0.370 e. The highest BCUT2D eigenvalue weighted by molar-refractivity contribution is 5.73. The van der Waals surface area contributed by atoms with Gasteiger partial charge in [-0.25, -0.2) is 0 Å². The molecule has 4 nitrogen and oxygen atoms in total. The van der Waals surface area contributed by atoms with Crippen molar-refractivity contribution in [3.05, 3.63) is 0 Å². The van der Waals surface area contributed by atoms with E-state index in [1.54, 1.807) is 0 Å². The predicted molar refractivity (Wildman–Crippen MR) is 47.5 cm³/mol. The van der Waals surface area contributed by atoms with Gasteiger partial charge in [0.1, 0.15) is 0 Å². The van der Waals surface area contributed by atoms with Crippen LogP contribution < -0.4 is 5.73 Å². The van der Waals surface area contributed by atoms with Crippen molar-refractivity contribution in [3.8, 4) is 0 Å². The van der Waals surface area contributed by atoms with Crippen LogP contribution in [0.4, 0.5) is 0 Å². The first-order chi connectivity index (χ1) is 5.68. The van der Waals surface area contributed by atoms with Crippen LogP contribution in [0.25, 0.3) is 0 Å². The Morgan fingerprint density at radius 2 is 2.25 bits per heavy atom. The van der Waals surface area contributed by atoms with Crippen LogP contribution in [-0.4, -0.2) is 49.1 Å². The van der Waals surface area contributed by atoms with Gasteiger partial charge in [0.25, 0.3) is 0 Å². The van der Waals surface area contributed by atoms with E-state index in [1.807, 2.05) is 0 Å². The Balaban J connectivity index is 2.18. The van der Waals surface area contributed by atoms with E-state index >= 15 is 0 Å². The molecule has 1 rings (SSSR count). The SMILES string of the molecule is CN1CCCN(CCC(N)=O)C1. The number of nitrogens with zero attached hydrogens (tertiary/aromatic N) is 2. The lowest BCUT2D eigenvalue weighted by Crippen LogP contribution is -2.43. The van der Waals surface area contributed by atoms with Crippen molar-refractivity contribution in [3.63, 3.8) is 0 Å². The van der Waals surface area contributed by atoms with Crippen LogP contribution in [0.5, 0.6) is 0 Å². The zero-order chi connectivity index (χ0) is 8.97. The first-order valence-corrected chi connectivity index (χ1v) is 4.37. The van der Waals surface area contributed by atoms with E-state index in [0.717, 1.165) is 26.3 Å². The molecule has 0 aliphatic carbocycles. The van der Waals surface area contributed by atoms with Crippen molar-refractivity contribution < 1.29 is 4.79 Å². The van der Waals surface area contributed by atoms with E-state index in [0.29, 0.717) is 6.42 Å². The summed E-state index contributed by atoms with van der Waals surface area (Å²) >= 11 is 0. The number of amides is 1. The number of nitrogens with two attached hydrogens (primary N) is 1. The molecular formula is C8H17N3O. The van der Waals surface area contributed by atoms with Gasteiger partial charge < -0.3 is 5.73 Å². The highest BCUT2D eigenvalue weighted by Crippen LogP contribution is 2.03. The summed E-state index contributed by atoms with van der Waals surface area (Å²) in [6.07, 6.45) is 1.67. The van der Waals surface area contributed by atoms with Crippen molar-refractivity contribution in [2.24, 2.45) is 5.73 Å². The zero-order valence-corrected chi connectivity index (χ0v) is 7.62. The Hall–Kier alpha value is -0.610. The van der Waals surface area contributed by atoms with Crippen molar-refractivity contribution in [2.75, 3.05) is 33.4 Å². The maximum atomic E-state index is 10.5. The number of carbonyl (C=O) groups excluding carboxylic acids is 1. The van der Waals surface area contributed by atoms with Gasteiger partial charge in [0, 0.05) is 26.1 Å². The van der Waals surface area contributed by atoms with Crippen LogP contribution >= 0.6 is 0 Å². The summed E-state index contributed by atoms with van der Waals surface area (Å²) in [7, 11) is 2.09. The van der Waals surface area contributed by atoms with Gasteiger partial charge >= 0.3 is 0 Å². The summed E-state index contributed by atoms with van der Waals surface area (Å²) in [5, 5.41) is 0. The molecule has 1 amide bonds. The molecule has 0 aromatic carbocycles. The molecular weight excluding hydrogens is 154 g/mol. The van der Waals surface area contributed by atoms with Gasteiger partial charge in [-0.3, -0.25) is 14.6 Å². The van der Waals surface area contributed by atoms with Crippen LogP contribution in [-0.2, 0) is 4.79 Å². The molecule has 0 aromatic rings. The summed E-state index contributed by atoms with van der Waals surface area (Å²) < 4.78 is 0. The summed E-state index contributed by atoms with van der Waals surface area (Å²) in [4.78, 5) is 15.0. The minimum atomic E-state index is -0.205. The fourth-order valence-electron chi connectivity index (χ4n) is 1.50. The quantitative estimate of drug-likeness (QED) is 0.620. The molecule has 1 fully saturated rings. The van der Waals surface area contributed by atoms with Crippen molar-refractivity contribution >= 4 is 5.91 Å². The maximum absolute atomic E-state index is 10.5. The first-order valence-electron chi connectivity index (χ1n) is 4.37. The van der Waals surface area contributed by atoms with E-state index in [1.165, 1.54) is 6.42 Å². The van der Waals surface area contributed by atoms with Gasteiger partial charge in [0.2, 0.25) is 5.91 Å². The summed E-state index contributed by atoms with van der Waals surface area (Å²) in [6.45, 7) is 4.03. The molecule has 4 heteroatoms. The molecule has 0 atom stereocenters. The summed E-state index contributed by atoms with van der Waals surface area (Å²) in [5.74, 6) is -0.205. The Morgan fingerprint density at radius 1 is 1.50 bits per heavy atom. The monoisotopic (exact) mass is 171 g/mol. The Bertz CT molecular complexity index is 160. The molecule has 1 heterocycles. The van der Waals surface area contributed by atoms with Gasteiger partial charge in [0.15, 0.2) is 0 Å². The Labute approximate surface area is 73.3 Å². The Kier molecular flexibility index (Phi) is 3.49. The van der Waals surface area contributed by atoms with Crippen molar-refractivity contribution in [1.82, 2.24) is 9.80 Å². The first kappa shape index (κ1) is 9.48.